The Bertz CT molecular complexity index is 349. The van der Waals surface area contributed by atoms with Crippen LogP contribution in [0.4, 0.5) is 0 Å². The Morgan fingerprint density at radius 1 is 1.41 bits per heavy atom. The second-order valence-electron chi connectivity index (χ2n) is 5.66. The van der Waals surface area contributed by atoms with Gasteiger partial charge in [-0.1, -0.05) is 6.42 Å². The van der Waals surface area contributed by atoms with E-state index in [1.165, 1.54) is 0 Å². The SMILES string of the molecule is CC1(C(=O)NC2CCCC2C#N)CCCC1N. The summed E-state index contributed by atoms with van der Waals surface area (Å²) < 4.78 is 0. The number of amides is 1. The van der Waals surface area contributed by atoms with Crippen molar-refractivity contribution in [2.75, 3.05) is 0 Å². The van der Waals surface area contributed by atoms with E-state index in [2.05, 4.69) is 11.4 Å². The summed E-state index contributed by atoms with van der Waals surface area (Å²) in [6.45, 7) is 1.95. The predicted molar refractivity (Wildman–Crippen MR) is 64.8 cm³/mol. The van der Waals surface area contributed by atoms with Gasteiger partial charge in [-0.15, -0.1) is 0 Å². The van der Waals surface area contributed by atoms with Gasteiger partial charge in [0.25, 0.3) is 0 Å². The first kappa shape index (κ1) is 12.4. The molecule has 2 rings (SSSR count). The monoisotopic (exact) mass is 235 g/mol. The molecule has 94 valence electrons. The van der Waals surface area contributed by atoms with Crippen LogP contribution in [-0.4, -0.2) is 18.0 Å². The number of carbonyl (C=O) groups is 1. The molecule has 4 heteroatoms. The van der Waals surface area contributed by atoms with E-state index in [0.29, 0.717) is 0 Å². The smallest absolute Gasteiger partial charge is 0.227 e. The Morgan fingerprint density at radius 2 is 2.18 bits per heavy atom. The normalized spacial score (nSPS) is 41.1. The maximum Gasteiger partial charge on any atom is 0.227 e. The number of carbonyl (C=O) groups excluding carboxylic acids is 1. The molecule has 4 atom stereocenters. The summed E-state index contributed by atoms with van der Waals surface area (Å²) in [5.41, 5.74) is 5.60. The molecule has 2 saturated carbocycles. The van der Waals surface area contributed by atoms with Gasteiger partial charge in [-0.05, 0) is 39.0 Å². The van der Waals surface area contributed by atoms with Crippen LogP contribution in [0.2, 0.25) is 0 Å². The lowest BCUT2D eigenvalue weighted by Gasteiger charge is -2.30. The summed E-state index contributed by atoms with van der Waals surface area (Å²) in [4.78, 5) is 12.3. The highest BCUT2D eigenvalue weighted by Gasteiger charge is 2.44. The van der Waals surface area contributed by atoms with Gasteiger partial charge in [-0.2, -0.15) is 5.26 Å². The molecule has 0 radical (unpaired) electrons. The zero-order chi connectivity index (χ0) is 12.5. The Kier molecular flexibility index (Phi) is 3.39. The standard InChI is InChI=1S/C13H21N3O/c1-13(7-3-6-11(13)15)12(17)16-10-5-2-4-9(10)8-14/h9-11H,2-7,15H2,1H3,(H,16,17). The molecule has 4 nitrogen and oxygen atoms in total. The lowest BCUT2D eigenvalue weighted by atomic mass is 9.83. The lowest BCUT2D eigenvalue weighted by molar-refractivity contribution is -0.131. The lowest BCUT2D eigenvalue weighted by Crippen LogP contribution is -2.50. The molecule has 4 unspecified atom stereocenters. The molecule has 17 heavy (non-hydrogen) atoms. The third-order valence-corrected chi connectivity index (χ3v) is 4.55. The van der Waals surface area contributed by atoms with Crippen molar-refractivity contribution in [1.82, 2.24) is 5.32 Å². The fourth-order valence-electron chi connectivity index (χ4n) is 3.10. The topological polar surface area (TPSA) is 78.9 Å². The number of nitrogens with one attached hydrogen (secondary N) is 1. The van der Waals surface area contributed by atoms with Crippen LogP contribution in [0.25, 0.3) is 0 Å². The first-order valence-corrected chi connectivity index (χ1v) is 6.54. The molecule has 2 aliphatic carbocycles. The van der Waals surface area contributed by atoms with E-state index in [-0.39, 0.29) is 23.9 Å². The van der Waals surface area contributed by atoms with E-state index in [1.54, 1.807) is 0 Å². The van der Waals surface area contributed by atoms with Gasteiger partial charge in [0.2, 0.25) is 5.91 Å². The van der Waals surface area contributed by atoms with Crippen LogP contribution in [0.15, 0.2) is 0 Å². The number of hydrogen-bond acceptors (Lipinski definition) is 3. The second-order valence-corrected chi connectivity index (χ2v) is 5.66. The van der Waals surface area contributed by atoms with Gasteiger partial charge in [-0.25, -0.2) is 0 Å². The largest absolute Gasteiger partial charge is 0.352 e. The number of nitrogens with two attached hydrogens (primary N) is 1. The zero-order valence-electron chi connectivity index (χ0n) is 10.4. The van der Waals surface area contributed by atoms with Crippen LogP contribution in [0.3, 0.4) is 0 Å². The number of nitrogens with zero attached hydrogens (tertiary/aromatic N) is 1. The minimum atomic E-state index is -0.428. The van der Waals surface area contributed by atoms with Crippen LogP contribution in [0.1, 0.15) is 45.4 Å². The highest BCUT2D eigenvalue weighted by atomic mass is 16.2. The fraction of sp³-hybridized carbons (Fsp3) is 0.846. The minimum absolute atomic E-state index is 0.0137. The molecule has 0 aromatic heterocycles. The van der Waals surface area contributed by atoms with E-state index in [0.717, 1.165) is 38.5 Å². The molecule has 0 aliphatic heterocycles. The molecular weight excluding hydrogens is 214 g/mol. The molecule has 0 bridgehead atoms. The van der Waals surface area contributed by atoms with Gasteiger partial charge in [0.05, 0.1) is 17.4 Å². The van der Waals surface area contributed by atoms with Crippen molar-refractivity contribution < 1.29 is 4.79 Å². The van der Waals surface area contributed by atoms with Gasteiger partial charge in [0, 0.05) is 12.1 Å². The maximum absolute atomic E-state index is 12.3. The van der Waals surface area contributed by atoms with Crippen LogP contribution in [0, 0.1) is 22.7 Å². The Labute approximate surface area is 103 Å². The molecule has 0 aromatic carbocycles. The van der Waals surface area contributed by atoms with Crippen LogP contribution in [-0.2, 0) is 4.79 Å². The summed E-state index contributed by atoms with van der Waals surface area (Å²) in [5.74, 6) is 0.0369. The molecular formula is C13H21N3O. The van der Waals surface area contributed by atoms with Crippen molar-refractivity contribution in [3.05, 3.63) is 0 Å². The fourth-order valence-corrected chi connectivity index (χ4v) is 3.10. The molecule has 0 aromatic rings. The highest BCUT2D eigenvalue weighted by molar-refractivity contribution is 5.83. The Hall–Kier alpha value is -1.08. The van der Waals surface area contributed by atoms with E-state index < -0.39 is 5.41 Å². The van der Waals surface area contributed by atoms with Crippen molar-refractivity contribution in [2.24, 2.45) is 17.1 Å². The third-order valence-electron chi connectivity index (χ3n) is 4.55. The summed E-state index contributed by atoms with van der Waals surface area (Å²) in [6.07, 6.45) is 5.68. The first-order chi connectivity index (χ1) is 8.08. The van der Waals surface area contributed by atoms with Crippen LogP contribution >= 0.6 is 0 Å². The molecule has 0 saturated heterocycles. The van der Waals surface area contributed by atoms with Gasteiger partial charge in [-0.3, -0.25) is 4.79 Å². The summed E-state index contributed by atoms with van der Waals surface area (Å²) >= 11 is 0. The minimum Gasteiger partial charge on any atom is -0.352 e. The third kappa shape index (κ3) is 2.16. The predicted octanol–water partition coefficient (Wildman–Crippen LogP) is 1.31. The van der Waals surface area contributed by atoms with E-state index in [4.69, 9.17) is 11.0 Å². The van der Waals surface area contributed by atoms with Gasteiger partial charge in [0.15, 0.2) is 0 Å². The zero-order valence-corrected chi connectivity index (χ0v) is 10.4. The quantitative estimate of drug-likeness (QED) is 0.757. The average Bonchev–Trinajstić information content (AvgIpc) is 2.87. The van der Waals surface area contributed by atoms with Gasteiger partial charge < -0.3 is 11.1 Å². The van der Waals surface area contributed by atoms with Gasteiger partial charge in [0.1, 0.15) is 0 Å². The Morgan fingerprint density at radius 3 is 2.76 bits per heavy atom. The number of rotatable bonds is 2. The van der Waals surface area contributed by atoms with E-state index in [9.17, 15) is 4.79 Å². The maximum atomic E-state index is 12.3. The summed E-state index contributed by atoms with van der Waals surface area (Å²) in [5, 5.41) is 12.1. The first-order valence-electron chi connectivity index (χ1n) is 6.54. The molecule has 2 fully saturated rings. The number of nitriles is 1. The van der Waals surface area contributed by atoms with Crippen molar-refractivity contribution >= 4 is 5.91 Å². The van der Waals surface area contributed by atoms with Crippen molar-refractivity contribution in [2.45, 2.75) is 57.5 Å². The summed E-state index contributed by atoms with van der Waals surface area (Å²) in [7, 11) is 0. The Balaban J connectivity index is 2.00. The molecule has 3 N–H and O–H groups in total. The van der Waals surface area contributed by atoms with Crippen LogP contribution < -0.4 is 11.1 Å². The summed E-state index contributed by atoms with van der Waals surface area (Å²) in [6, 6.07) is 2.29. The van der Waals surface area contributed by atoms with Crippen molar-refractivity contribution in [3.63, 3.8) is 0 Å². The van der Waals surface area contributed by atoms with Gasteiger partial charge >= 0.3 is 0 Å². The average molecular weight is 235 g/mol. The number of hydrogen-bond donors (Lipinski definition) is 2. The van der Waals surface area contributed by atoms with Crippen molar-refractivity contribution in [3.8, 4) is 6.07 Å². The molecule has 0 spiro atoms. The van der Waals surface area contributed by atoms with E-state index in [1.807, 2.05) is 6.92 Å². The van der Waals surface area contributed by atoms with Crippen molar-refractivity contribution in [1.29, 1.82) is 5.26 Å². The molecule has 2 aliphatic rings. The van der Waals surface area contributed by atoms with E-state index >= 15 is 0 Å². The molecule has 0 heterocycles. The highest BCUT2D eigenvalue weighted by Crippen LogP contribution is 2.37. The molecule has 1 amide bonds. The second kappa shape index (κ2) is 4.66. The van der Waals surface area contributed by atoms with Crippen LogP contribution in [0.5, 0.6) is 0 Å².